The van der Waals surface area contributed by atoms with Gasteiger partial charge in [-0.1, -0.05) is 53.7 Å². The third-order valence-corrected chi connectivity index (χ3v) is 7.83. The van der Waals surface area contributed by atoms with Crippen molar-refractivity contribution in [2.24, 2.45) is 0 Å². The van der Waals surface area contributed by atoms with E-state index in [4.69, 9.17) is 11.6 Å². The Morgan fingerprint density at radius 1 is 0.971 bits per heavy atom. The van der Waals surface area contributed by atoms with Crippen LogP contribution in [0.25, 0.3) is 6.08 Å². The Hall–Kier alpha value is -3.22. The Bertz CT molecular complexity index is 1330. The highest BCUT2D eigenvalue weighted by molar-refractivity contribution is 8.04. The molecule has 2 heterocycles. The summed E-state index contributed by atoms with van der Waals surface area (Å²) < 4.78 is 0. The van der Waals surface area contributed by atoms with E-state index in [-0.39, 0.29) is 11.8 Å². The lowest BCUT2D eigenvalue weighted by atomic mass is 10.1. The van der Waals surface area contributed by atoms with Gasteiger partial charge in [0.15, 0.2) is 0 Å². The Kier molecular flexibility index (Phi) is 6.58. The number of benzene rings is 3. The molecule has 5 rings (SSSR count). The monoisotopic (exact) mass is 503 g/mol. The number of rotatable bonds is 3. The van der Waals surface area contributed by atoms with Gasteiger partial charge in [-0.05, 0) is 60.5 Å². The van der Waals surface area contributed by atoms with Crippen LogP contribution >= 0.6 is 23.4 Å². The normalized spacial score (nSPS) is 17.1. The van der Waals surface area contributed by atoms with Crippen molar-refractivity contribution in [2.75, 3.05) is 43.0 Å². The first-order valence-electron chi connectivity index (χ1n) is 11.6. The van der Waals surface area contributed by atoms with Crippen molar-refractivity contribution < 1.29 is 9.59 Å². The molecule has 2 aliphatic heterocycles. The summed E-state index contributed by atoms with van der Waals surface area (Å²) in [6, 6.07) is 21.5. The van der Waals surface area contributed by atoms with Gasteiger partial charge >= 0.3 is 0 Å². The van der Waals surface area contributed by atoms with E-state index in [2.05, 4.69) is 4.90 Å². The number of likely N-dealkylation sites (N-methyl/N-ethyl adjacent to an activating group) is 1. The van der Waals surface area contributed by atoms with Crippen molar-refractivity contribution >= 4 is 52.6 Å². The van der Waals surface area contributed by atoms with E-state index in [1.807, 2.05) is 84.6 Å². The molecular weight excluding hydrogens is 478 g/mol. The van der Waals surface area contributed by atoms with Crippen LogP contribution in [-0.2, 0) is 4.79 Å². The number of amides is 2. The zero-order chi connectivity index (χ0) is 24.5. The second-order valence-corrected chi connectivity index (χ2v) is 10.3. The molecule has 3 aromatic carbocycles. The number of aryl methyl sites for hydroxylation is 1. The van der Waals surface area contributed by atoms with E-state index in [1.165, 1.54) is 11.8 Å². The Morgan fingerprint density at radius 2 is 1.74 bits per heavy atom. The fraction of sp³-hybridized carbons (Fsp3) is 0.214. The van der Waals surface area contributed by atoms with Gasteiger partial charge in [0, 0.05) is 54.4 Å². The minimum atomic E-state index is -0.0644. The molecule has 0 N–H and O–H groups in total. The van der Waals surface area contributed by atoms with Crippen molar-refractivity contribution in [2.45, 2.75) is 11.8 Å². The van der Waals surface area contributed by atoms with Crippen molar-refractivity contribution in [3.05, 3.63) is 93.3 Å². The third-order valence-electron chi connectivity index (χ3n) is 6.52. The number of fused-ring (bicyclic) bond motifs is 1. The number of hydrogen-bond acceptors (Lipinski definition) is 4. The van der Waals surface area contributed by atoms with E-state index >= 15 is 0 Å². The quantitative estimate of drug-likeness (QED) is 0.429. The van der Waals surface area contributed by atoms with Crippen molar-refractivity contribution in [3.63, 3.8) is 0 Å². The molecular formula is C28H26ClN3O2S. The van der Waals surface area contributed by atoms with Gasteiger partial charge in [0.1, 0.15) is 0 Å². The molecule has 1 saturated heterocycles. The molecule has 1 fully saturated rings. The first kappa shape index (κ1) is 23.5. The van der Waals surface area contributed by atoms with Gasteiger partial charge in [-0.25, -0.2) is 0 Å². The summed E-state index contributed by atoms with van der Waals surface area (Å²) in [7, 11) is 1.77. The molecule has 0 bridgehead atoms. The maximum atomic E-state index is 13.3. The van der Waals surface area contributed by atoms with Crippen LogP contribution in [0.3, 0.4) is 0 Å². The number of piperazine rings is 1. The second kappa shape index (κ2) is 9.80. The minimum Gasteiger partial charge on any atom is -0.368 e. The zero-order valence-corrected chi connectivity index (χ0v) is 21.3. The predicted molar refractivity (Wildman–Crippen MR) is 144 cm³/mol. The van der Waals surface area contributed by atoms with E-state index in [1.54, 1.807) is 11.9 Å². The van der Waals surface area contributed by atoms with Gasteiger partial charge in [-0.15, -0.1) is 0 Å². The number of carbonyl (C=O) groups is 2. The van der Waals surface area contributed by atoms with Crippen LogP contribution in [-0.4, -0.2) is 49.9 Å². The van der Waals surface area contributed by atoms with Gasteiger partial charge in [-0.3, -0.25) is 9.59 Å². The summed E-state index contributed by atoms with van der Waals surface area (Å²) in [5.74, 6) is -0.0730. The van der Waals surface area contributed by atoms with Gasteiger partial charge in [-0.2, -0.15) is 0 Å². The van der Waals surface area contributed by atoms with Crippen molar-refractivity contribution in [1.82, 2.24) is 4.90 Å². The van der Waals surface area contributed by atoms with Crippen LogP contribution in [0.15, 0.2) is 76.5 Å². The number of nitrogens with zero attached hydrogens (tertiary/aromatic N) is 3. The smallest absolute Gasteiger partial charge is 0.264 e. The lowest BCUT2D eigenvalue weighted by Gasteiger charge is -2.36. The first-order valence-corrected chi connectivity index (χ1v) is 12.8. The second-order valence-electron chi connectivity index (χ2n) is 8.77. The molecule has 0 aromatic heterocycles. The summed E-state index contributed by atoms with van der Waals surface area (Å²) in [5.41, 5.74) is 4.60. The highest BCUT2D eigenvalue weighted by Crippen LogP contribution is 2.42. The molecule has 0 aliphatic carbocycles. The fourth-order valence-corrected chi connectivity index (χ4v) is 5.71. The van der Waals surface area contributed by atoms with Crippen LogP contribution in [0.4, 0.5) is 11.4 Å². The van der Waals surface area contributed by atoms with E-state index < -0.39 is 0 Å². The molecule has 178 valence electrons. The summed E-state index contributed by atoms with van der Waals surface area (Å²) >= 11 is 7.59. The third kappa shape index (κ3) is 4.81. The molecule has 7 heteroatoms. The molecule has 0 unspecified atom stereocenters. The van der Waals surface area contributed by atoms with Gasteiger partial charge < -0.3 is 14.7 Å². The van der Waals surface area contributed by atoms with Crippen LogP contribution in [0, 0.1) is 6.92 Å². The predicted octanol–water partition coefficient (Wildman–Crippen LogP) is 5.72. The molecule has 35 heavy (non-hydrogen) atoms. The number of hydrogen-bond donors (Lipinski definition) is 0. The number of carbonyl (C=O) groups excluding carboxylic acids is 2. The van der Waals surface area contributed by atoms with Crippen molar-refractivity contribution in [1.29, 1.82) is 0 Å². The molecule has 2 amide bonds. The van der Waals surface area contributed by atoms with Crippen LogP contribution < -0.4 is 9.80 Å². The maximum absolute atomic E-state index is 13.3. The lowest BCUT2D eigenvalue weighted by molar-refractivity contribution is -0.114. The average Bonchev–Trinajstić information content (AvgIpc) is 2.88. The van der Waals surface area contributed by atoms with E-state index in [0.717, 1.165) is 40.5 Å². The number of anilines is 2. The van der Waals surface area contributed by atoms with Crippen LogP contribution in [0.2, 0.25) is 5.02 Å². The van der Waals surface area contributed by atoms with E-state index in [9.17, 15) is 9.59 Å². The molecule has 0 saturated carbocycles. The number of halogens is 1. The highest BCUT2D eigenvalue weighted by atomic mass is 35.5. The molecule has 0 radical (unpaired) electrons. The molecule has 3 aromatic rings. The maximum Gasteiger partial charge on any atom is 0.264 e. The summed E-state index contributed by atoms with van der Waals surface area (Å²) in [6.07, 6.45) is 1.94. The topological polar surface area (TPSA) is 43.9 Å². The van der Waals surface area contributed by atoms with E-state index in [0.29, 0.717) is 28.6 Å². The average molecular weight is 504 g/mol. The summed E-state index contributed by atoms with van der Waals surface area (Å²) in [5, 5.41) is 0.712. The largest absolute Gasteiger partial charge is 0.368 e. The molecule has 0 atom stereocenters. The fourth-order valence-electron chi connectivity index (χ4n) is 4.44. The summed E-state index contributed by atoms with van der Waals surface area (Å²) in [4.78, 5) is 33.8. The molecule has 2 aliphatic rings. The molecule has 0 spiro atoms. The highest BCUT2D eigenvalue weighted by Gasteiger charge is 2.29. The molecule has 5 nitrogen and oxygen atoms in total. The minimum absolute atomic E-state index is 0.00866. The zero-order valence-electron chi connectivity index (χ0n) is 19.7. The van der Waals surface area contributed by atoms with Gasteiger partial charge in [0.25, 0.3) is 11.8 Å². The standard InChI is InChI=1S/C28H26ClN3O2S/c1-19-6-3-4-7-20(19)17-26-28(34)30(2)24-16-21(10-11-25(24)35-26)27(33)32-14-12-31(13-15-32)23-9-5-8-22(29)18-23/h3-11,16-18H,12-15H2,1-2H3. The van der Waals surface area contributed by atoms with Crippen LogP contribution in [0.5, 0.6) is 0 Å². The summed E-state index contributed by atoms with van der Waals surface area (Å²) in [6.45, 7) is 4.80. The van der Waals surface area contributed by atoms with Crippen LogP contribution in [0.1, 0.15) is 21.5 Å². The Morgan fingerprint density at radius 3 is 2.49 bits per heavy atom. The Labute approximate surface area is 215 Å². The van der Waals surface area contributed by atoms with Crippen molar-refractivity contribution in [3.8, 4) is 0 Å². The lowest BCUT2D eigenvalue weighted by Crippen LogP contribution is -2.48. The number of thioether (sulfide) groups is 1. The first-order chi connectivity index (χ1) is 16.9. The SMILES string of the molecule is Cc1ccccc1C=C1Sc2ccc(C(=O)N3CCN(c4cccc(Cl)c4)CC3)cc2N(C)C1=O. The Balaban J connectivity index is 1.32. The van der Waals surface area contributed by atoms with Gasteiger partial charge in [0.05, 0.1) is 10.6 Å². The van der Waals surface area contributed by atoms with Gasteiger partial charge in [0.2, 0.25) is 0 Å².